The van der Waals surface area contributed by atoms with E-state index in [4.69, 9.17) is 0 Å². The summed E-state index contributed by atoms with van der Waals surface area (Å²) < 4.78 is 0. The average Bonchev–Trinajstić information content (AvgIpc) is 2.39. The molecule has 0 spiro atoms. The van der Waals surface area contributed by atoms with Gasteiger partial charge >= 0.3 is 0 Å². The van der Waals surface area contributed by atoms with Gasteiger partial charge in [-0.1, -0.05) is 25.8 Å². The molecule has 1 aliphatic rings. The highest BCUT2D eigenvalue weighted by molar-refractivity contribution is 7.80. The van der Waals surface area contributed by atoms with E-state index in [-0.39, 0.29) is 5.91 Å². The minimum absolute atomic E-state index is 0.0339. The number of hydrogen-bond donors (Lipinski definition) is 2. The predicted molar refractivity (Wildman–Crippen MR) is 81.9 cm³/mol. The quantitative estimate of drug-likeness (QED) is 0.808. The van der Waals surface area contributed by atoms with Crippen LogP contribution in [0.5, 0.6) is 0 Å². The number of thiol groups is 1. The first-order valence-corrected chi connectivity index (χ1v) is 7.59. The highest BCUT2D eigenvalue weighted by Crippen LogP contribution is 2.28. The lowest BCUT2D eigenvalue weighted by atomic mass is 9.82. The molecule has 0 saturated heterocycles. The summed E-state index contributed by atoms with van der Waals surface area (Å²) in [6.07, 6.45) is 5.13. The van der Waals surface area contributed by atoms with E-state index in [1.165, 1.54) is 25.7 Å². The molecule has 0 aromatic heterocycles. The Kier molecular flexibility index (Phi) is 4.92. The van der Waals surface area contributed by atoms with E-state index in [0.29, 0.717) is 5.92 Å². The van der Waals surface area contributed by atoms with Crippen molar-refractivity contribution in [1.29, 1.82) is 0 Å². The highest BCUT2D eigenvalue weighted by atomic mass is 32.1. The van der Waals surface area contributed by atoms with Crippen LogP contribution in [0.3, 0.4) is 0 Å². The summed E-state index contributed by atoms with van der Waals surface area (Å²) in [7, 11) is 0. The van der Waals surface area contributed by atoms with Crippen molar-refractivity contribution < 1.29 is 4.79 Å². The lowest BCUT2D eigenvalue weighted by Crippen LogP contribution is -2.31. The van der Waals surface area contributed by atoms with E-state index >= 15 is 0 Å². The van der Waals surface area contributed by atoms with E-state index < -0.39 is 0 Å². The van der Waals surface area contributed by atoms with Gasteiger partial charge < -0.3 is 5.32 Å². The lowest BCUT2D eigenvalue weighted by molar-refractivity contribution is 0.0940. The fourth-order valence-electron chi connectivity index (χ4n) is 2.93. The topological polar surface area (TPSA) is 29.1 Å². The molecular formula is C16H23NOS. The van der Waals surface area contributed by atoms with Gasteiger partial charge in [0, 0.05) is 17.0 Å². The molecule has 0 radical (unpaired) electrons. The van der Waals surface area contributed by atoms with E-state index in [0.717, 1.165) is 28.5 Å². The zero-order chi connectivity index (χ0) is 13.8. The molecule has 2 unspecified atom stereocenters. The van der Waals surface area contributed by atoms with Crippen LogP contribution in [0.25, 0.3) is 0 Å². The van der Waals surface area contributed by atoms with Crippen molar-refractivity contribution >= 4 is 18.5 Å². The van der Waals surface area contributed by atoms with Gasteiger partial charge in [0.1, 0.15) is 0 Å². The second-order valence-electron chi connectivity index (χ2n) is 5.85. The SMILES string of the molecule is Cc1ccc(S)cc1C(=O)NCC1CCCC(C)C1. The minimum atomic E-state index is 0.0339. The smallest absolute Gasteiger partial charge is 0.251 e. The van der Waals surface area contributed by atoms with Crippen LogP contribution >= 0.6 is 12.6 Å². The zero-order valence-corrected chi connectivity index (χ0v) is 12.7. The molecule has 2 nitrogen and oxygen atoms in total. The highest BCUT2D eigenvalue weighted by Gasteiger charge is 2.19. The van der Waals surface area contributed by atoms with Gasteiger partial charge in [-0.2, -0.15) is 0 Å². The van der Waals surface area contributed by atoms with Crippen LogP contribution in [-0.4, -0.2) is 12.5 Å². The maximum atomic E-state index is 12.2. The molecule has 0 bridgehead atoms. The van der Waals surface area contributed by atoms with Crippen molar-refractivity contribution in [2.75, 3.05) is 6.54 Å². The van der Waals surface area contributed by atoms with Crippen molar-refractivity contribution in [2.45, 2.75) is 44.4 Å². The van der Waals surface area contributed by atoms with Crippen molar-refractivity contribution in [3.05, 3.63) is 29.3 Å². The second kappa shape index (κ2) is 6.47. The molecule has 1 saturated carbocycles. The summed E-state index contributed by atoms with van der Waals surface area (Å²) in [4.78, 5) is 13.0. The molecule has 1 aromatic rings. The van der Waals surface area contributed by atoms with Crippen molar-refractivity contribution in [3.63, 3.8) is 0 Å². The largest absolute Gasteiger partial charge is 0.352 e. The molecule has 1 N–H and O–H groups in total. The Hall–Kier alpha value is -0.960. The Labute approximate surface area is 121 Å². The van der Waals surface area contributed by atoms with E-state index in [1.807, 2.05) is 25.1 Å². The molecular weight excluding hydrogens is 254 g/mol. The summed E-state index contributed by atoms with van der Waals surface area (Å²) in [5.74, 6) is 1.48. The molecule has 19 heavy (non-hydrogen) atoms. The fourth-order valence-corrected chi connectivity index (χ4v) is 3.14. The van der Waals surface area contributed by atoms with Gasteiger partial charge in [-0.05, 0) is 49.3 Å². The van der Waals surface area contributed by atoms with Crippen LogP contribution in [0, 0.1) is 18.8 Å². The number of aryl methyl sites for hydroxylation is 1. The lowest BCUT2D eigenvalue weighted by Gasteiger charge is -2.26. The summed E-state index contributed by atoms with van der Waals surface area (Å²) >= 11 is 4.30. The summed E-state index contributed by atoms with van der Waals surface area (Å²) in [5, 5.41) is 3.08. The molecule has 1 aliphatic carbocycles. The Morgan fingerprint density at radius 1 is 1.42 bits per heavy atom. The molecule has 104 valence electrons. The Morgan fingerprint density at radius 2 is 2.21 bits per heavy atom. The van der Waals surface area contributed by atoms with E-state index in [9.17, 15) is 4.79 Å². The Balaban J connectivity index is 1.92. The molecule has 0 heterocycles. The molecule has 3 heteroatoms. The fraction of sp³-hybridized carbons (Fsp3) is 0.562. The third-order valence-corrected chi connectivity index (χ3v) is 4.34. The second-order valence-corrected chi connectivity index (χ2v) is 6.36. The number of benzene rings is 1. The molecule has 1 fully saturated rings. The summed E-state index contributed by atoms with van der Waals surface area (Å²) in [6.45, 7) is 5.08. The van der Waals surface area contributed by atoms with Crippen LogP contribution in [0.4, 0.5) is 0 Å². The first-order chi connectivity index (χ1) is 9.06. The van der Waals surface area contributed by atoms with Gasteiger partial charge in [0.15, 0.2) is 0 Å². The minimum Gasteiger partial charge on any atom is -0.352 e. The maximum Gasteiger partial charge on any atom is 0.251 e. The van der Waals surface area contributed by atoms with Crippen LogP contribution in [-0.2, 0) is 0 Å². The summed E-state index contributed by atoms with van der Waals surface area (Å²) in [5.41, 5.74) is 1.75. The van der Waals surface area contributed by atoms with Crippen molar-refractivity contribution in [1.82, 2.24) is 5.32 Å². The van der Waals surface area contributed by atoms with Gasteiger partial charge in [-0.15, -0.1) is 12.6 Å². The van der Waals surface area contributed by atoms with Gasteiger partial charge in [-0.25, -0.2) is 0 Å². The number of rotatable bonds is 3. The van der Waals surface area contributed by atoms with Gasteiger partial charge in [0.05, 0.1) is 0 Å². The number of nitrogens with one attached hydrogen (secondary N) is 1. The van der Waals surface area contributed by atoms with E-state index in [2.05, 4.69) is 24.9 Å². The van der Waals surface area contributed by atoms with Gasteiger partial charge in [0.25, 0.3) is 5.91 Å². The molecule has 0 aliphatic heterocycles. The van der Waals surface area contributed by atoms with Gasteiger partial charge in [0.2, 0.25) is 0 Å². The third-order valence-electron chi connectivity index (χ3n) is 4.06. The maximum absolute atomic E-state index is 12.2. The standard InChI is InChI=1S/C16H23NOS/c1-11-4-3-5-13(8-11)10-17-16(18)15-9-14(19)7-6-12(15)2/h6-7,9,11,13,19H,3-5,8,10H2,1-2H3,(H,17,18). The van der Waals surface area contributed by atoms with Crippen molar-refractivity contribution in [3.8, 4) is 0 Å². The Morgan fingerprint density at radius 3 is 2.95 bits per heavy atom. The zero-order valence-electron chi connectivity index (χ0n) is 11.8. The predicted octanol–water partition coefficient (Wildman–Crippen LogP) is 3.84. The summed E-state index contributed by atoms with van der Waals surface area (Å²) in [6, 6.07) is 5.70. The Bertz CT molecular complexity index is 458. The number of hydrogen-bond acceptors (Lipinski definition) is 2. The monoisotopic (exact) mass is 277 g/mol. The molecule has 1 aromatic carbocycles. The molecule has 1 amide bonds. The number of carbonyl (C=O) groups excluding carboxylic acids is 1. The number of carbonyl (C=O) groups is 1. The molecule has 2 rings (SSSR count). The molecule has 2 atom stereocenters. The average molecular weight is 277 g/mol. The third kappa shape index (κ3) is 4.00. The van der Waals surface area contributed by atoms with E-state index in [1.54, 1.807) is 0 Å². The first kappa shape index (κ1) is 14.4. The van der Waals surface area contributed by atoms with Crippen LogP contribution in [0.15, 0.2) is 23.1 Å². The van der Waals surface area contributed by atoms with Crippen LogP contribution < -0.4 is 5.32 Å². The van der Waals surface area contributed by atoms with Crippen LogP contribution in [0.2, 0.25) is 0 Å². The first-order valence-electron chi connectivity index (χ1n) is 7.14. The normalized spacial score (nSPS) is 23.1. The van der Waals surface area contributed by atoms with Crippen molar-refractivity contribution in [2.24, 2.45) is 11.8 Å². The number of amides is 1. The van der Waals surface area contributed by atoms with Gasteiger partial charge in [-0.3, -0.25) is 4.79 Å². The van der Waals surface area contributed by atoms with Crippen LogP contribution in [0.1, 0.15) is 48.5 Å².